The third kappa shape index (κ3) is 4.55. The number of rotatable bonds is 8. The number of aromatic nitrogens is 2. The summed E-state index contributed by atoms with van der Waals surface area (Å²) in [5.74, 6) is 1.47. The summed E-state index contributed by atoms with van der Waals surface area (Å²) in [5.41, 5.74) is 3.95. The molecule has 0 aliphatic carbocycles. The Morgan fingerprint density at radius 3 is 2.59 bits per heavy atom. The Kier molecular flexibility index (Phi) is 6.46. The molecule has 5 nitrogen and oxygen atoms in total. The monoisotopic (exact) mass is 395 g/mol. The van der Waals surface area contributed by atoms with E-state index in [9.17, 15) is 4.79 Å². The summed E-state index contributed by atoms with van der Waals surface area (Å²) < 4.78 is 8.08. The van der Waals surface area contributed by atoms with Crippen molar-refractivity contribution in [3.8, 4) is 0 Å². The maximum Gasteiger partial charge on any atom is 0.227 e. The quantitative estimate of drug-likeness (QED) is 0.510. The summed E-state index contributed by atoms with van der Waals surface area (Å²) in [5, 5.41) is 5.74. The van der Waals surface area contributed by atoms with Crippen LogP contribution in [0.4, 0.5) is 0 Å². The van der Waals surface area contributed by atoms with Gasteiger partial charge < -0.3 is 9.32 Å². The number of para-hydroxylation sites is 1. The van der Waals surface area contributed by atoms with E-state index >= 15 is 0 Å². The van der Waals surface area contributed by atoms with Gasteiger partial charge in [-0.1, -0.05) is 39.0 Å². The Morgan fingerprint density at radius 1 is 1.21 bits per heavy atom. The Balaban J connectivity index is 1.83. The van der Waals surface area contributed by atoms with Crippen LogP contribution in [0.25, 0.3) is 11.0 Å². The maximum atomic E-state index is 13.3. The fraction of sp³-hybridized carbons (Fsp3) is 0.500. The molecule has 5 heteroatoms. The molecule has 0 fully saturated rings. The van der Waals surface area contributed by atoms with E-state index in [0.717, 1.165) is 46.6 Å². The van der Waals surface area contributed by atoms with Gasteiger partial charge in [0.15, 0.2) is 0 Å². The number of amides is 1. The van der Waals surface area contributed by atoms with Gasteiger partial charge in [0.2, 0.25) is 5.91 Å². The van der Waals surface area contributed by atoms with Gasteiger partial charge in [-0.05, 0) is 45.2 Å². The lowest BCUT2D eigenvalue weighted by Crippen LogP contribution is -2.35. The molecule has 3 rings (SSSR count). The van der Waals surface area contributed by atoms with Gasteiger partial charge in [0.1, 0.15) is 11.3 Å². The molecule has 3 aromatic rings. The fourth-order valence-corrected chi connectivity index (χ4v) is 3.90. The van der Waals surface area contributed by atoms with Gasteiger partial charge >= 0.3 is 0 Å². The summed E-state index contributed by atoms with van der Waals surface area (Å²) in [7, 11) is 0. The molecule has 0 saturated carbocycles. The summed E-state index contributed by atoms with van der Waals surface area (Å²) in [4.78, 5) is 15.3. The van der Waals surface area contributed by atoms with Gasteiger partial charge in [-0.25, -0.2) is 0 Å². The second kappa shape index (κ2) is 8.85. The van der Waals surface area contributed by atoms with Crippen molar-refractivity contribution in [3.05, 3.63) is 53.0 Å². The highest BCUT2D eigenvalue weighted by molar-refractivity contribution is 5.81. The predicted molar refractivity (Wildman–Crippen MR) is 117 cm³/mol. The van der Waals surface area contributed by atoms with Crippen LogP contribution in [-0.4, -0.2) is 27.1 Å². The summed E-state index contributed by atoms with van der Waals surface area (Å²) >= 11 is 0. The number of aryl methyl sites for hydroxylation is 1. The summed E-state index contributed by atoms with van der Waals surface area (Å²) in [6.07, 6.45) is 1.28. The van der Waals surface area contributed by atoms with Crippen LogP contribution in [0.15, 0.2) is 34.7 Å². The van der Waals surface area contributed by atoms with Crippen molar-refractivity contribution in [2.75, 3.05) is 6.54 Å². The van der Waals surface area contributed by atoms with Gasteiger partial charge in [-0.3, -0.25) is 9.48 Å². The smallest absolute Gasteiger partial charge is 0.227 e. The van der Waals surface area contributed by atoms with E-state index in [1.54, 1.807) is 0 Å². The van der Waals surface area contributed by atoms with Crippen LogP contribution in [0.5, 0.6) is 0 Å². The van der Waals surface area contributed by atoms with E-state index in [1.807, 2.05) is 53.8 Å². The summed E-state index contributed by atoms with van der Waals surface area (Å²) in [6, 6.07) is 9.91. The molecule has 1 aromatic carbocycles. The van der Waals surface area contributed by atoms with Crippen molar-refractivity contribution in [3.63, 3.8) is 0 Å². The minimum Gasteiger partial charge on any atom is -0.459 e. The largest absolute Gasteiger partial charge is 0.459 e. The van der Waals surface area contributed by atoms with Crippen LogP contribution in [-0.2, 0) is 17.8 Å². The molecule has 0 bridgehead atoms. The first kappa shape index (κ1) is 21.2. The highest BCUT2D eigenvalue weighted by Crippen LogP contribution is 2.28. The zero-order valence-electron chi connectivity index (χ0n) is 18.5. The average molecular weight is 396 g/mol. The van der Waals surface area contributed by atoms with Crippen molar-refractivity contribution >= 4 is 16.9 Å². The molecule has 0 aliphatic heterocycles. The second-order valence-corrected chi connectivity index (χ2v) is 8.35. The molecule has 29 heavy (non-hydrogen) atoms. The van der Waals surface area contributed by atoms with E-state index < -0.39 is 0 Å². The molecular weight excluding hydrogens is 362 g/mol. The van der Waals surface area contributed by atoms with Crippen molar-refractivity contribution in [2.45, 2.75) is 67.0 Å². The summed E-state index contributed by atoms with van der Waals surface area (Å²) in [6.45, 7) is 14.1. The van der Waals surface area contributed by atoms with E-state index in [2.05, 4.69) is 32.8 Å². The number of carbonyl (C=O) groups excluding carboxylic acids is 1. The van der Waals surface area contributed by atoms with E-state index in [0.29, 0.717) is 18.9 Å². The van der Waals surface area contributed by atoms with Crippen LogP contribution < -0.4 is 0 Å². The van der Waals surface area contributed by atoms with Crippen LogP contribution >= 0.6 is 0 Å². The molecule has 2 heterocycles. The molecule has 0 radical (unpaired) electrons. The number of furan rings is 1. The van der Waals surface area contributed by atoms with Crippen LogP contribution in [0.3, 0.4) is 0 Å². The molecule has 2 aromatic heterocycles. The van der Waals surface area contributed by atoms with Gasteiger partial charge in [0.25, 0.3) is 0 Å². The predicted octanol–water partition coefficient (Wildman–Crippen LogP) is 5.44. The highest BCUT2D eigenvalue weighted by atomic mass is 16.3. The molecule has 0 saturated heterocycles. The van der Waals surface area contributed by atoms with E-state index in [-0.39, 0.29) is 11.9 Å². The SMILES string of the molecule is CCCN(C(=O)Cc1c(C)nn(CC(C)C)c1C)C(C)c1cc2ccccc2o1. The number of nitrogens with zero attached hydrogens (tertiary/aromatic N) is 3. The van der Waals surface area contributed by atoms with Crippen LogP contribution in [0.2, 0.25) is 0 Å². The molecular formula is C24H33N3O2. The molecule has 1 atom stereocenters. The lowest BCUT2D eigenvalue weighted by Gasteiger charge is -2.28. The molecule has 0 spiro atoms. The lowest BCUT2D eigenvalue weighted by molar-refractivity contribution is -0.133. The van der Waals surface area contributed by atoms with Crippen molar-refractivity contribution in [2.24, 2.45) is 5.92 Å². The first-order chi connectivity index (χ1) is 13.8. The minimum atomic E-state index is -0.110. The van der Waals surface area contributed by atoms with Crippen molar-refractivity contribution in [1.82, 2.24) is 14.7 Å². The first-order valence-corrected chi connectivity index (χ1v) is 10.6. The number of hydrogen-bond donors (Lipinski definition) is 0. The maximum absolute atomic E-state index is 13.3. The minimum absolute atomic E-state index is 0.110. The average Bonchev–Trinajstić information content (AvgIpc) is 3.22. The lowest BCUT2D eigenvalue weighted by atomic mass is 10.1. The Bertz CT molecular complexity index is 950. The normalized spacial score (nSPS) is 12.7. The standard InChI is InChI=1S/C24H33N3O2/c1-7-12-26(19(6)23-13-20-10-8-9-11-22(20)29-23)24(28)14-21-17(4)25-27(18(21)5)15-16(2)3/h8-11,13,16,19H,7,12,14-15H2,1-6H3. The van der Waals surface area contributed by atoms with Crippen LogP contribution in [0.1, 0.15) is 62.9 Å². The third-order valence-corrected chi connectivity index (χ3v) is 5.51. The Labute approximate surface area is 173 Å². The number of carbonyl (C=O) groups is 1. The van der Waals surface area contributed by atoms with Gasteiger partial charge in [0.05, 0.1) is 18.2 Å². The van der Waals surface area contributed by atoms with Crippen LogP contribution in [0, 0.1) is 19.8 Å². The molecule has 1 amide bonds. The van der Waals surface area contributed by atoms with E-state index in [4.69, 9.17) is 4.42 Å². The Hall–Kier alpha value is -2.56. The molecule has 0 aliphatic rings. The van der Waals surface area contributed by atoms with E-state index in [1.165, 1.54) is 0 Å². The highest BCUT2D eigenvalue weighted by Gasteiger charge is 2.25. The van der Waals surface area contributed by atoms with Crippen molar-refractivity contribution in [1.29, 1.82) is 0 Å². The van der Waals surface area contributed by atoms with Crippen molar-refractivity contribution < 1.29 is 9.21 Å². The number of fused-ring (bicyclic) bond motifs is 1. The second-order valence-electron chi connectivity index (χ2n) is 8.35. The van der Waals surface area contributed by atoms with Gasteiger partial charge in [-0.2, -0.15) is 5.10 Å². The van der Waals surface area contributed by atoms with Gasteiger partial charge in [-0.15, -0.1) is 0 Å². The fourth-order valence-electron chi connectivity index (χ4n) is 3.90. The molecule has 1 unspecified atom stereocenters. The molecule has 156 valence electrons. The van der Waals surface area contributed by atoms with Gasteiger partial charge in [0, 0.05) is 29.7 Å². The first-order valence-electron chi connectivity index (χ1n) is 10.6. The number of hydrogen-bond acceptors (Lipinski definition) is 3. The third-order valence-electron chi connectivity index (χ3n) is 5.51. The molecule has 0 N–H and O–H groups in total. The Morgan fingerprint density at radius 2 is 1.93 bits per heavy atom. The zero-order valence-corrected chi connectivity index (χ0v) is 18.5. The number of benzene rings is 1. The zero-order chi connectivity index (χ0) is 21.1. The topological polar surface area (TPSA) is 51.3 Å².